The van der Waals surface area contributed by atoms with E-state index in [-0.39, 0.29) is 23.7 Å². The number of carbonyl (C=O) groups is 1. The Balaban J connectivity index is 2.15. The van der Waals surface area contributed by atoms with Gasteiger partial charge in [-0.05, 0) is 19.1 Å². The van der Waals surface area contributed by atoms with Gasteiger partial charge in [0.05, 0.1) is 12.2 Å². The Kier molecular flexibility index (Phi) is 4.40. The first-order chi connectivity index (χ1) is 10.3. The molecule has 7 nitrogen and oxygen atoms in total. The molecule has 2 N–H and O–H groups in total. The number of hydrogen-bond acceptors (Lipinski definition) is 6. The number of carbonyl (C=O) groups excluding carboxylic acids is 1. The minimum absolute atomic E-state index is 0.0333. The molecule has 0 aliphatic carbocycles. The Morgan fingerprint density at radius 1 is 1.45 bits per heavy atom. The predicted octanol–water partition coefficient (Wildman–Crippen LogP) is 1.26. The Labute approximate surface area is 122 Å². The third-order valence-corrected chi connectivity index (χ3v) is 2.57. The molecule has 22 heavy (non-hydrogen) atoms. The third-order valence-electron chi connectivity index (χ3n) is 2.57. The van der Waals surface area contributed by atoms with Crippen molar-refractivity contribution in [3.8, 4) is 11.5 Å². The van der Waals surface area contributed by atoms with Gasteiger partial charge in [-0.3, -0.25) is 9.78 Å². The minimum Gasteiger partial charge on any atom is -0.394 e. The number of amides is 1. The SMILES string of the molecule is CC(CO)NC(=O)c1ccc(-c2noc(C(F)(F)F)n2)nc1. The molecule has 0 bridgehead atoms. The van der Waals surface area contributed by atoms with Crippen LogP contribution in [0.15, 0.2) is 22.9 Å². The largest absolute Gasteiger partial charge is 0.471 e. The summed E-state index contributed by atoms with van der Waals surface area (Å²) in [4.78, 5) is 18.7. The van der Waals surface area contributed by atoms with Crippen LogP contribution in [-0.4, -0.2) is 38.8 Å². The normalized spacial score (nSPS) is 13.0. The molecule has 1 unspecified atom stereocenters. The quantitative estimate of drug-likeness (QED) is 0.880. The Bertz CT molecular complexity index is 654. The van der Waals surface area contributed by atoms with Gasteiger partial charge in [-0.2, -0.15) is 18.2 Å². The first-order valence-electron chi connectivity index (χ1n) is 6.10. The lowest BCUT2D eigenvalue weighted by Gasteiger charge is -2.10. The maximum atomic E-state index is 12.4. The molecule has 1 atom stereocenters. The van der Waals surface area contributed by atoms with Crippen LogP contribution in [0.3, 0.4) is 0 Å². The van der Waals surface area contributed by atoms with Crippen molar-refractivity contribution in [2.24, 2.45) is 0 Å². The smallest absolute Gasteiger partial charge is 0.394 e. The van der Waals surface area contributed by atoms with E-state index in [4.69, 9.17) is 5.11 Å². The van der Waals surface area contributed by atoms with Crippen LogP contribution in [-0.2, 0) is 6.18 Å². The highest BCUT2D eigenvalue weighted by atomic mass is 19.4. The minimum atomic E-state index is -4.73. The molecule has 2 aromatic heterocycles. The topological polar surface area (TPSA) is 101 Å². The molecule has 10 heteroatoms. The average molecular weight is 316 g/mol. The molecule has 0 radical (unpaired) electrons. The van der Waals surface area contributed by atoms with Crippen molar-refractivity contribution in [2.45, 2.75) is 19.1 Å². The number of pyridine rings is 1. The van der Waals surface area contributed by atoms with Gasteiger partial charge in [-0.1, -0.05) is 5.16 Å². The highest BCUT2D eigenvalue weighted by Gasteiger charge is 2.38. The first kappa shape index (κ1) is 15.9. The molecule has 0 aromatic carbocycles. The number of alkyl halides is 3. The molecule has 2 aromatic rings. The second-order valence-electron chi connectivity index (χ2n) is 4.41. The second-order valence-corrected chi connectivity index (χ2v) is 4.41. The van der Waals surface area contributed by atoms with Crippen LogP contribution in [0, 0.1) is 0 Å². The summed E-state index contributed by atoms with van der Waals surface area (Å²) in [6.45, 7) is 1.39. The van der Waals surface area contributed by atoms with Gasteiger partial charge < -0.3 is 14.9 Å². The molecule has 2 rings (SSSR count). The van der Waals surface area contributed by atoms with Gasteiger partial charge in [0, 0.05) is 12.2 Å². The summed E-state index contributed by atoms with van der Waals surface area (Å²) in [5.41, 5.74) is 0.217. The van der Waals surface area contributed by atoms with Gasteiger partial charge in [-0.15, -0.1) is 0 Å². The van der Waals surface area contributed by atoms with Crippen LogP contribution in [0.4, 0.5) is 13.2 Å². The zero-order chi connectivity index (χ0) is 16.3. The molecule has 0 aliphatic heterocycles. The molecular weight excluding hydrogens is 305 g/mol. The maximum absolute atomic E-state index is 12.4. The van der Waals surface area contributed by atoms with E-state index in [2.05, 4.69) is 25.0 Å². The molecule has 0 saturated heterocycles. The van der Waals surface area contributed by atoms with E-state index >= 15 is 0 Å². The highest BCUT2D eigenvalue weighted by Crippen LogP contribution is 2.28. The lowest BCUT2D eigenvalue weighted by atomic mass is 10.2. The van der Waals surface area contributed by atoms with E-state index in [1.165, 1.54) is 18.3 Å². The summed E-state index contributed by atoms with van der Waals surface area (Å²) >= 11 is 0. The number of hydrogen-bond donors (Lipinski definition) is 2. The Morgan fingerprint density at radius 3 is 2.68 bits per heavy atom. The summed E-state index contributed by atoms with van der Waals surface area (Å²) in [5, 5.41) is 14.5. The second kappa shape index (κ2) is 6.10. The molecular formula is C12H11F3N4O3. The fourth-order valence-corrected chi connectivity index (χ4v) is 1.46. The van der Waals surface area contributed by atoms with E-state index in [9.17, 15) is 18.0 Å². The lowest BCUT2D eigenvalue weighted by molar-refractivity contribution is -0.159. The van der Waals surface area contributed by atoms with E-state index < -0.39 is 24.0 Å². The number of rotatable bonds is 4. The number of halogens is 3. The fraction of sp³-hybridized carbons (Fsp3) is 0.333. The Hall–Kier alpha value is -2.49. The standard InChI is InChI=1S/C12H11F3N4O3/c1-6(5-20)17-10(21)7-2-3-8(16-4-7)9-18-11(22-19-9)12(13,14)15/h2-4,6,20H,5H2,1H3,(H,17,21). The van der Waals surface area contributed by atoms with Gasteiger partial charge in [0.1, 0.15) is 5.69 Å². The number of nitrogens with one attached hydrogen (secondary N) is 1. The maximum Gasteiger partial charge on any atom is 0.471 e. The van der Waals surface area contributed by atoms with Crippen molar-refractivity contribution in [2.75, 3.05) is 6.61 Å². The summed E-state index contributed by atoms with van der Waals surface area (Å²) in [5.74, 6) is -2.27. The molecule has 0 aliphatic rings. The highest BCUT2D eigenvalue weighted by molar-refractivity contribution is 5.94. The average Bonchev–Trinajstić information content (AvgIpc) is 2.97. The van der Waals surface area contributed by atoms with Gasteiger partial charge >= 0.3 is 12.1 Å². The number of aromatic nitrogens is 3. The van der Waals surface area contributed by atoms with Gasteiger partial charge in [-0.25, -0.2) is 0 Å². The van der Waals surface area contributed by atoms with Crippen molar-refractivity contribution >= 4 is 5.91 Å². The van der Waals surface area contributed by atoms with E-state index in [0.29, 0.717) is 0 Å². The summed E-state index contributed by atoms with van der Waals surface area (Å²) in [6.07, 6.45) is -3.57. The summed E-state index contributed by atoms with van der Waals surface area (Å²) < 4.78 is 41.2. The summed E-state index contributed by atoms with van der Waals surface area (Å²) in [7, 11) is 0. The van der Waals surface area contributed by atoms with Crippen LogP contribution in [0.1, 0.15) is 23.2 Å². The van der Waals surface area contributed by atoms with E-state index in [0.717, 1.165) is 0 Å². The van der Waals surface area contributed by atoms with Crippen molar-refractivity contribution in [3.63, 3.8) is 0 Å². The van der Waals surface area contributed by atoms with Crippen molar-refractivity contribution in [3.05, 3.63) is 29.8 Å². The summed E-state index contributed by atoms with van der Waals surface area (Å²) in [6, 6.07) is 2.22. The van der Waals surface area contributed by atoms with Crippen molar-refractivity contribution < 1.29 is 27.6 Å². The number of nitrogens with zero attached hydrogens (tertiary/aromatic N) is 3. The van der Waals surface area contributed by atoms with Crippen LogP contribution >= 0.6 is 0 Å². The first-order valence-corrected chi connectivity index (χ1v) is 6.10. The van der Waals surface area contributed by atoms with Gasteiger partial charge in [0.2, 0.25) is 5.82 Å². The molecule has 0 fully saturated rings. The number of aliphatic hydroxyl groups excluding tert-OH is 1. The van der Waals surface area contributed by atoms with Crippen molar-refractivity contribution in [1.29, 1.82) is 0 Å². The molecule has 0 saturated carbocycles. The monoisotopic (exact) mass is 316 g/mol. The predicted molar refractivity (Wildman–Crippen MR) is 66.5 cm³/mol. The van der Waals surface area contributed by atoms with Gasteiger partial charge in [0.25, 0.3) is 5.91 Å². The Morgan fingerprint density at radius 2 is 2.18 bits per heavy atom. The van der Waals surface area contributed by atoms with Crippen LogP contribution in [0.2, 0.25) is 0 Å². The van der Waals surface area contributed by atoms with Crippen LogP contribution in [0.25, 0.3) is 11.5 Å². The van der Waals surface area contributed by atoms with E-state index in [1.807, 2.05) is 0 Å². The third kappa shape index (κ3) is 3.58. The molecule has 0 spiro atoms. The van der Waals surface area contributed by atoms with Gasteiger partial charge in [0.15, 0.2) is 0 Å². The van der Waals surface area contributed by atoms with Crippen LogP contribution < -0.4 is 5.32 Å². The molecule has 1 amide bonds. The van der Waals surface area contributed by atoms with E-state index in [1.54, 1.807) is 6.92 Å². The van der Waals surface area contributed by atoms with Crippen LogP contribution in [0.5, 0.6) is 0 Å². The zero-order valence-electron chi connectivity index (χ0n) is 11.3. The fourth-order valence-electron chi connectivity index (χ4n) is 1.46. The molecule has 2 heterocycles. The lowest BCUT2D eigenvalue weighted by Crippen LogP contribution is -2.35. The zero-order valence-corrected chi connectivity index (χ0v) is 11.3. The molecule has 118 valence electrons. The van der Waals surface area contributed by atoms with Crippen molar-refractivity contribution in [1.82, 2.24) is 20.4 Å². The number of aliphatic hydroxyl groups is 1.